The van der Waals surface area contributed by atoms with Gasteiger partial charge in [-0.3, -0.25) is 4.79 Å². The largest absolute Gasteiger partial charge is 0.493 e. The van der Waals surface area contributed by atoms with Crippen molar-refractivity contribution in [2.45, 2.75) is 6.42 Å². The lowest BCUT2D eigenvalue weighted by atomic mass is 10.1. The molecule has 1 aromatic heterocycles. The number of hydrogen-bond acceptors (Lipinski definition) is 5. The number of halogens is 2. The predicted octanol–water partition coefficient (Wildman–Crippen LogP) is 5.72. The second-order valence-electron chi connectivity index (χ2n) is 6.29. The van der Waals surface area contributed by atoms with Gasteiger partial charge < -0.3 is 19.5 Å². The highest BCUT2D eigenvalue weighted by atomic mass is 35.5. The summed E-state index contributed by atoms with van der Waals surface area (Å²) in [6.07, 6.45) is 0.615. The molecular formula is C22H21Cl2NO4S. The molecule has 3 aromatic rings. The van der Waals surface area contributed by atoms with Gasteiger partial charge in [0, 0.05) is 27.0 Å². The molecule has 0 bridgehead atoms. The minimum atomic E-state index is -0.143. The molecule has 1 heterocycles. The summed E-state index contributed by atoms with van der Waals surface area (Å²) in [6, 6.07) is 12.7. The van der Waals surface area contributed by atoms with E-state index in [4.69, 9.17) is 37.4 Å². The summed E-state index contributed by atoms with van der Waals surface area (Å²) < 4.78 is 16.3. The fourth-order valence-corrected chi connectivity index (χ4v) is 4.47. The van der Waals surface area contributed by atoms with Crippen LogP contribution in [0.2, 0.25) is 10.0 Å². The van der Waals surface area contributed by atoms with Crippen molar-refractivity contribution < 1.29 is 19.0 Å². The Morgan fingerprint density at radius 1 is 0.967 bits per heavy atom. The lowest BCUT2D eigenvalue weighted by molar-refractivity contribution is 0.0958. The topological polar surface area (TPSA) is 56.8 Å². The van der Waals surface area contributed by atoms with E-state index in [2.05, 4.69) is 5.32 Å². The van der Waals surface area contributed by atoms with Gasteiger partial charge >= 0.3 is 0 Å². The molecule has 0 spiro atoms. The SMILES string of the molecule is COc1ccc(-c2ccc(C(=O)NCCc3ccc(Cl)cc3Cl)s2)c(OC)c1OC. The first-order valence-electron chi connectivity index (χ1n) is 9.09. The number of methoxy groups -OCH3 is 3. The third-order valence-corrected chi connectivity index (χ3v) is 6.20. The summed E-state index contributed by atoms with van der Waals surface area (Å²) in [5.74, 6) is 1.50. The van der Waals surface area contributed by atoms with E-state index in [0.717, 1.165) is 16.0 Å². The van der Waals surface area contributed by atoms with Crippen LogP contribution in [0.25, 0.3) is 10.4 Å². The lowest BCUT2D eigenvalue weighted by Crippen LogP contribution is -2.24. The van der Waals surface area contributed by atoms with Crippen LogP contribution in [0, 0.1) is 0 Å². The lowest BCUT2D eigenvalue weighted by Gasteiger charge is -2.14. The molecule has 8 heteroatoms. The number of carbonyl (C=O) groups is 1. The normalized spacial score (nSPS) is 10.6. The Hall–Kier alpha value is -2.41. The Balaban J connectivity index is 1.72. The molecular weight excluding hydrogens is 445 g/mol. The van der Waals surface area contributed by atoms with E-state index in [1.54, 1.807) is 39.5 Å². The van der Waals surface area contributed by atoms with Gasteiger partial charge in [0.15, 0.2) is 11.5 Å². The van der Waals surface area contributed by atoms with Gasteiger partial charge in [0.25, 0.3) is 5.91 Å². The van der Waals surface area contributed by atoms with Gasteiger partial charge in [-0.1, -0.05) is 29.3 Å². The van der Waals surface area contributed by atoms with Gasteiger partial charge in [-0.2, -0.15) is 0 Å². The Morgan fingerprint density at radius 3 is 2.40 bits per heavy atom. The minimum absolute atomic E-state index is 0.143. The number of rotatable bonds is 8. The zero-order valence-corrected chi connectivity index (χ0v) is 19.1. The van der Waals surface area contributed by atoms with Crippen molar-refractivity contribution in [2.24, 2.45) is 0 Å². The summed E-state index contributed by atoms with van der Waals surface area (Å²) in [6.45, 7) is 0.465. The Labute approximate surface area is 189 Å². The Morgan fingerprint density at radius 2 is 1.73 bits per heavy atom. The van der Waals surface area contributed by atoms with Crippen LogP contribution in [0.15, 0.2) is 42.5 Å². The third kappa shape index (κ3) is 4.83. The van der Waals surface area contributed by atoms with Crippen LogP contribution in [0.3, 0.4) is 0 Å². The van der Waals surface area contributed by atoms with E-state index in [1.807, 2.05) is 24.3 Å². The fraction of sp³-hybridized carbons (Fsp3) is 0.227. The summed E-state index contributed by atoms with van der Waals surface area (Å²) >= 11 is 13.5. The van der Waals surface area contributed by atoms with Crippen molar-refractivity contribution >= 4 is 40.4 Å². The smallest absolute Gasteiger partial charge is 0.261 e. The number of amides is 1. The first-order chi connectivity index (χ1) is 14.5. The van der Waals surface area contributed by atoms with E-state index in [-0.39, 0.29) is 5.91 Å². The Bertz CT molecular complexity index is 1050. The van der Waals surface area contributed by atoms with Gasteiger partial charge in [0.2, 0.25) is 5.75 Å². The molecule has 0 aliphatic heterocycles. The first kappa shape index (κ1) is 22.3. The van der Waals surface area contributed by atoms with Gasteiger partial charge in [-0.15, -0.1) is 11.3 Å². The van der Waals surface area contributed by atoms with Gasteiger partial charge in [0.05, 0.1) is 26.2 Å². The fourth-order valence-electron chi connectivity index (χ4n) is 3.02. The highest BCUT2D eigenvalue weighted by Crippen LogP contribution is 2.45. The monoisotopic (exact) mass is 465 g/mol. The molecule has 0 aliphatic rings. The molecule has 3 rings (SSSR count). The zero-order valence-electron chi connectivity index (χ0n) is 16.8. The first-order valence-corrected chi connectivity index (χ1v) is 10.7. The predicted molar refractivity (Wildman–Crippen MR) is 122 cm³/mol. The standard InChI is InChI=1S/C22H21Cl2NO4S/c1-27-17-7-6-15(20(28-2)21(17)29-3)18-8-9-19(30-18)22(26)25-11-10-13-4-5-14(23)12-16(13)24/h4-9,12H,10-11H2,1-3H3,(H,25,26). The average molecular weight is 466 g/mol. The van der Waals surface area contributed by atoms with Crippen molar-refractivity contribution in [2.75, 3.05) is 27.9 Å². The van der Waals surface area contributed by atoms with Crippen LogP contribution in [0.1, 0.15) is 15.2 Å². The summed E-state index contributed by atoms with van der Waals surface area (Å²) in [5, 5.41) is 4.11. The summed E-state index contributed by atoms with van der Waals surface area (Å²) in [4.78, 5) is 14.1. The molecule has 2 aromatic carbocycles. The van der Waals surface area contributed by atoms with E-state index in [9.17, 15) is 4.79 Å². The van der Waals surface area contributed by atoms with Crippen molar-refractivity contribution in [3.8, 4) is 27.7 Å². The molecule has 1 N–H and O–H groups in total. The van der Waals surface area contributed by atoms with Crippen LogP contribution in [-0.2, 0) is 6.42 Å². The maximum atomic E-state index is 12.6. The number of nitrogens with one attached hydrogen (secondary N) is 1. The highest BCUT2D eigenvalue weighted by molar-refractivity contribution is 7.17. The molecule has 0 fully saturated rings. The summed E-state index contributed by atoms with van der Waals surface area (Å²) in [7, 11) is 4.70. The van der Waals surface area contributed by atoms with Crippen LogP contribution in [0.4, 0.5) is 0 Å². The average Bonchev–Trinajstić information content (AvgIpc) is 3.24. The molecule has 5 nitrogen and oxygen atoms in total. The second-order valence-corrected chi connectivity index (χ2v) is 8.21. The van der Waals surface area contributed by atoms with Crippen molar-refractivity contribution in [3.63, 3.8) is 0 Å². The third-order valence-electron chi connectivity index (χ3n) is 4.49. The van der Waals surface area contributed by atoms with Gasteiger partial charge in [-0.05, 0) is 48.4 Å². The highest BCUT2D eigenvalue weighted by Gasteiger charge is 2.19. The quantitative estimate of drug-likeness (QED) is 0.462. The van der Waals surface area contributed by atoms with E-state index < -0.39 is 0 Å². The van der Waals surface area contributed by atoms with E-state index in [1.165, 1.54) is 11.3 Å². The number of thiophene rings is 1. The molecule has 0 saturated heterocycles. The number of hydrogen-bond donors (Lipinski definition) is 1. The molecule has 1 amide bonds. The van der Waals surface area contributed by atoms with Crippen LogP contribution in [0.5, 0.6) is 17.2 Å². The van der Waals surface area contributed by atoms with Crippen molar-refractivity contribution in [1.82, 2.24) is 5.32 Å². The number of benzene rings is 2. The zero-order chi connectivity index (χ0) is 21.7. The molecule has 0 radical (unpaired) electrons. The molecule has 0 unspecified atom stereocenters. The van der Waals surface area contributed by atoms with Crippen LogP contribution in [-0.4, -0.2) is 33.8 Å². The molecule has 0 aliphatic carbocycles. The summed E-state index contributed by atoms with van der Waals surface area (Å²) in [5.41, 5.74) is 1.76. The van der Waals surface area contributed by atoms with Crippen molar-refractivity contribution in [3.05, 3.63) is 63.0 Å². The second kappa shape index (κ2) is 10.1. The van der Waals surface area contributed by atoms with Gasteiger partial charge in [0.1, 0.15) is 0 Å². The van der Waals surface area contributed by atoms with Crippen LogP contribution >= 0.6 is 34.5 Å². The van der Waals surface area contributed by atoms with E-state index >= 15 is 0 Å². The number of carbonyl (C=O) groups excluding carboxylic acids is 1. The van der Waals surface area contributed by atoms with Gasteiger partial charge in [-0.25, -0.2) is 0 Å². The minimum Gasteiger partial charge on any atom is -0.493 e. The number of ether oxygens (including phenoxy) is 3. The maximum absolute atomic E-state index is 12.6. The Kier molecular flexibility index (Phi) is 7.48. The van der Waals surface area contributed by atoms with Crippen molar-refractivity contribution in [1.29, 1.82) is 0 Å². The maximum Gasteiger partial charge on any atom is 0.261 e. The molecule has 0 atom stereocenters. The van der Waals surface area contributed by atoms with Crippen LogP contribution < -0.4 is 19.5 Å². The molecule has 158 valence electrons. The molecule has 0 saturated carbocycles. The molecule has 30 heavy (non-hydrogen) atoms. The van der Waals surface area contributed by atoms with E-state index in [0.29, 0.717) is 45.1 Å².